The van der Waals surface area contributed by atoms with Crippen molar-refractivity contribution in [3.8, 4) is 22.8 Å². The Balaban J connectivity index is 1.62. The van der Waals surface area contributed by atoms with E-state index in [0.29, 0.717) is 23.1 Å². The van der Waals surface area contributed by atoms with Gasteiger partial charge in [-0.15, -0.1) is 11.3 Å². The molecule has 0 atom stereocenters. The van der Waals surface area contributed by atoms with Crippen LogP contribution in [-0.2, 0) is 0 Å². The van der Waals surface area contributed by atoms with Crippen LogP contribution in [0.4, 0.5) is 5.13 Å². The Labute approximate surface area is 187 Å². The molecule has 1 aliphatic rings. The van der Waals surface area contributed by atoms with Crippen molar-refractivity contribution in [3.63, 3.8) is 0 Å². The SMILES string of the molecule is CCOc1ccccc1C(=O)Nc1nc(-c2ccc(Br)c3c2OC(C)(C)C=C3)cs1. The molecule has 30 heavy (non-hydrogen) atoms. The predicted octanol–water partition coefficient (Wildman–Crippen LogP) is 6.41. The standard InChI is InChI=1S/C23H21BrN2O3S/c1-4-28-19-8-6-5-7-16(19)21(27)26-22-25-18(13-30-22)15-9-10-17(24)14-11-12-23(2,3)29-20(14)15/h5-13H,4H2,1-3H3,(H,25,26,27). The van der Waals surface area contributed by atoms with Crippen molar-refractivity contribution in [3.05, 3.63) is 63.5 Å². The van der Waals surface area contributed by atoms with E-state index in [-0.39, 0.29) is 5.91 Å². The summed E-state index contributed by atoms with van der Waals surface area (Å²) < 4.78 is 12.8. The highest BCUT2D eigenvalue weighted by molar-refractivity contribution is 9.10. The molecular formula is C23H21BrN2O3S. The lowest BCUT2D eigenvalue weighted by Crippen LogP contribution is -2.28. The van der Waals surface area contributed by atoms with Gasteiger partial charge in [-0.3, -0.25) is 10.1 Å². The van der Waals surface area contributed by atoms with Crippen LogP contribution >= 0.6 is 27.3 Å². The van der Waals surface area contributed by atoms with Gasteiger partial charge in [-0.05, 0) is 51.1 Å². The predicted molar refractivity (Wildman–Crippen MR) is 125 cm³/mol. The Morgan fingerprint density at radius 2 is 2.07 bits per heavy atom. The summed E-state index contributed by atoms with van der Waals surface area (Å²) in [7, 11) is 0. The largest absolute Gasteiger partial charge is 0.493 e. The molecule has 0 bridgehead atoms. The van der Waals surface area contributed by atoms with E-state index >= 15 is 0 Å². The smallest absolute Gasteiger partial charge is 0.261 e. The zero-order valence-electron chi connectivity index (χ0n) is 16.9. The Morgan fingerprint density at radius 3 is 2.87 bits per heavy atom. The normalized spacial score (nSPS) is 14.0. The van der Waals surface area contributed by atoms with E-state index in [1.165, 1.54) is 11.3 Å². The molecule has 1 aliphatic heterocycles. The summed E-state index contributed by atoms with van der Waals surface area (Å²) in [6.07, 6.45) is 4.10. The second-order valence-corrected chi connectivity index (χ2v) is 9.01. The highest BCUT2D eigenvalue weighted by Crippen LogP contribution is 2.43. The number of amides is 1. The third-order valence-corrected chi connectivity index (χ3v) is 6.04. The molecular weight excluding hydrogens is 464 g/mol. The molecule has 4 rings (SSSR count). The van der Waals surface area contributed by atoms with E-state index in [2.05, 4.69) is 32.3 Å². The maximum atomic E-state index is 12.8. The van der Waals surface area contributed by atoms with Gasteiger partial charge < -0.3 is 9.47 Å². The first-order valence-corrected chi connectivity index (χ1v) is 11.2. The molecule has 0 saturated heterocycles. The zero-order chi connectivity index (χ0) is 21.3. The minimum Gasteiger partial charge on any atom is -0.493 e. The number of thiazole rings is 1. The fourth-order valence-corrected chi connectivity index (χ4v) is 4.33. The molecule has 0 aliphatic carbocycles. The number of hydrogen-bond donors (Lipinski definition) is 1. The van der Waals surface area contributed by atoms with Crippen LogP contribution in [0.3, 0.4) is 0 Å². The molecule has 0 radical (unpaired) electrons. The Hall–Kier alpha value is -2.64. The Morgan fingerprint density at radius 1 is 1.27 bits per heavy atom. The minimum absolute atomic E-state index is 0.252. The van der Waals surface area contributed by atoms with Gasteiger partial charge >= 0.3 is 0 Å². The van der Waals surface area contributed by atoms with E-state index in [4.69, 9.17) is 9.47 Å². The third kappa shape index (κ3) is 4.13. The lowest BCUT2D eigenvalue weighted by atomic mass is 9.99. The molecule has 1 amide bonds. The van der Waals surface area contributed by atoms with Crippen molar-refractivity contribution in [1.29, 1.82) is 0 Å². The van der Waals surface area contributed by atoms with Crippen LogP contribution in [-0.4, -0.2) is 23.1 Å². The second kappa shape index (κ2) is 8.24. The lowest BCUT2D eigenvalue weighted by molar-refractivity contribution is 0.102. The number of carbonyl (C=O) groups excluding carboxylic acids is 1. The number of rotatable bonds is 5. The monoisotopic (exact) mass is 484 g/mol. The van der Waals surface area contributed by atoms with E-state index in [1.807, 2.05) is 56.5 Å². The fourth-order valence-electron chi connectivity index (χ4n) is 3.18. The summed E-state index contributed by atoms with van der Waals surface area (Å²) in [6, 6.07) is 11.1. The minimum atomic E-state index is -0.404. The summed E-state index contributed by atoms with van der Waals surface area (Å²) in [4.78, 5) is 17.4. The van der Waals surface area contributed by atoms with Crippen molar-refractivity contribution in [2.75, 3.05) is 11.9 Å². The summed E-state index contributed by atoms with van der Waals surface area (Å²) in [5.41, 5.74) is 2.70. The molecule has 0 spiro atoms. The molecule has 154 valence electrons. The van der Waals surface area contributed by atoms with Gasteiger partial charge in [0.1, 0.15) is 17.1 Å². The summed E-state index contributed by atoms with van der Waals surface area (Å²) in [5.74, 6) is 1.08. The Kier molecular flexibility index (Phi) is 5.66. The third-order valence-electron chi connectivity index (χ3n) is 4.59. The van der Waals surface area contributed by atoms with E-state index < -0.39 is 5.60 Å². The Bertz CT molecular complexity index is 1140. The molecule has 1 aromatic heterocycles. The van der Waals surface area contributed by atoms with Crippen LogP contribution in [0.2, 0.25) is 0 Å². The molecule has 0 unspecified atom stereocenters. The van der Waals surface area contributed by atoms with Gasteiger partial charge in [0.2, 0.25) is 0 Å². The lowest BCUT2D eigenvalue weighted by Gasteiger charge is -2.29. The zero-order valence-corrected chi connectivity index (χ0v) is 19.3. The molecule has 0 saturated carbocycles. The van der Waals surface area contributed by atoms with E-state index in [9.17, 15) is 4.79 Å². The molecule has 5 nitrogen and oxygen atoms in total. The van der Waals surface area contributed by atoms with Gasteiger partial charge in [-0.25, -0.2) is 4.98 Å². The summed E-state index contributed by atoms with van der Waals surface area (Å²) in [5, 5.41) is 5.32. The first-order valence-electron chi connectivity index (χ1n) is 9.58. The average Bonchev–Trinajstić information content (AvgIpc) is 3.16. The van der Waals surface area contributed by atoms with Gasteiger partial charge in [0.25, 0.3) is 5.91 Å². The molecule has 3 aromatic rings. The summed E-state index contributed by atoms with van der Waals surface area (Å²) in [6.45, 7) is 6.41. The van der Waals surface area contributed by atoms with Crippen molar-refractivity contribution in [1.82, 2.24) is 4.98 Å². The molecule has 2 heterocycles. The number of hydrogen-bond acceptors (Lipinski definition) is 5. The maximum absolute atomic E-state index is 12.8. The molecule has 7 heteroatoms. The molecule has 1 N–H and O–H groups in total. The number of nitrogens with zero attached hydrogens (tertiary/aromatic N) is 1. The average molecular weight is 485 g/mol. The van der Waals surface area contributed by atoms with Crippen molar-refractivity contribution >= 4 is 44.4 Å². The second-order valence-electron chi connectivity index (χ2n) is 7.30. The number of fused-ring (bicyclic) bond motifs is 1. The first kappa shape index (κ1) is 20.6. The number of nitrogens with one attached hydrogen (secondary N) is 1. The van der Waals surface area contributed by atoms with Crippen LogP contribution in [0, 0.1) is 0 Å². The number of aromatic nitrogens is 1. The number of ether oxygens (including phenoxy) is 2. The topological polar surface area (TPSA) is 60.5 Å². The number of anilines is 1. The quantitative estimate of drug-likeness (QED) is 0.454. The highest BCUT2D eigenvalue weighted by Gasteiger charge is 2.26. The van der Waals surface area contributed by atoms with Crippen LogP contribution in [0.25, 0.3) is 17.3 Å². The first-order chi connectivity index (χ1) is 14.4. The van der Waals surface area contributed by atoms with Gasteiger partial charge in [-0.2, -0.15) is 0 Å². The van der Waals surface area contributed by atoms with Crippen LogP contribution < -0.4 is 14.8 Å². The van der Waals surface area contributed by atoms with Crippen molar-refractivity contribution in [2.24, 2.45) is 0 Å². The summed E-state index contributed by atoms with van der Waals surface area (Å²) >= 11 is 4.96. The van der Waals surface area contributed by atoms with Crippen LogP contribution in [0.15, 0.2) is 52.3 Å². The van der Waals surface area contributed by atoms with Gasteiger partial charge in [0.15, 0.2) is 5.13 Å². The number of halogens is 1. The van der Waals surface area contributed by atoms with Crippen molar-refractivity contribution in [2.45, 2.75) is 26.4 Å². The fraction of sp³-hybridized carbons (Fsp3) is 0.217. The number of carbonyl (C=O) groups is 1. The van der Waals surface area contributed by atoms with Gasteiger partial charge in [0, 0.05) is 21.0 Å². The van der Waals surface area contributed by atoms with E-state index in [0.717, 1.165) is 27.0 Å². The maximum Gasteiger partial charge on any atom is 0.261 e. The van der Waals surface area contributed by atoms with Crippen LogP contribution in [0.5, 0.6) is 11.5 Å². The number of benzene rings is 2. The highest BCUT2D eigenvalue weighted by atomic mass is 79.9. The molecule has 0 fully saturated rings. The van der Waals surface area contributed by atoms with Gasteiger partial charge in [-0.1, -0.05) is 34.1 Å². The van der Waals surface area contributed by atoms with Crippen LogP contribution in [0.1, 0.15) is 36.7 Å². The molecule has 2 aromatic carbocycles. The van der Waals surface area contributed by atoms with Crippen molar-refractivity contribution < 1.29 is 14.3 Å². The van der Waals surface area contributed by atoms with E-state index in [1.54, 1.807) is 12.1 Å². The number of para-hydroxylation sites is 1. The van der Waals surface area contributed by atoms with Gasteiger partial charge in [0.05, 0.1) is 17.9 Å².